The molecule has 0 aromatic carbocycles. The van der Waals surface area contributed by atoms with Crippen LogP contribution in [0.3, 0.4) is 0 Å². The van der Waals surface area contributed by atoms with Gasteiger partial charge in [-0.3, -0.25) is 9.69 Å². The molecule has 1 saturated heterocycles. The quantitative estimate of drug-likeness (QED) is 0.799. The van der Waals surface area contributed by atoms with Gasteiger partial charge in [-0.1, -0.05) is 20.3 Å². The maximum Gasteiger partial charge on any atom is 0.390 e. The first-order valence-corrected chi connectivity index (χ1v) is 6.41. The first-order valence-electron chi connectivity index (χ1n) is 6.41. The molecule has 3 nitrogen and oxygen atoms in total. The normalized spacial score (nSPS) is 19.4. The summed E-state index contributed by atoms with van der Waals surface area (Å²) in [5.41, 5.74) is 0. The van der Waals surface area contributed by atoms with E-state index in [1.54, 1.807) is 4.90 Å². The Balaban J connectivity index is 2.13. The van der Waals surface area contributed by atoms with E-state index in [0.717, 1.165) is 12.8 Å². The van der Waals surface area contributed by atoms with Gasteiger partial charge in [0, 0.05) is 25.6 Å². The molecule has 1 heterocycles. The average molecular weight is 266 g/mol. The van der Waals surface area contributed by atoms with E-state index in [9.17, 15) is 18.0 Å². The molecule has 106 valence electrons. The summed E-state index contributed by atoms with van der Waals surface area (Å²) in [5, 5.41) is 2.87. The fourth-order valence-electron chi connectivity index (χ4n) is 2.04. The zero-order chi connectivity index (χ0) is 13.8. The van der Waals surface area contributed by atoms with E-state index in [4.69, 9.17) is 0 Å². The van der Waals surface area contributed by atoms with Crippen molar-refractivity contribution in [1.29, 1.82) is 0 Å². The number of hydrogen-bond donors (Lipinski definition) is 1. The van der Waals surface area contributed by atoms with Gasteiger partial charge in [0.25, 0.3) is 0 Å². The third kappa shape index (κ3) is 5.25. The van der Waals surface area contributed by atoms with Crippen LogP contribution in [0.1, 0.15) is 33.1 Å². The Morgan fingerprint density at radius 1 is 1.44 bits per heavy atom. The highest BCUT2D eigenvalue weighted by Crippen LogP contribution is 2.21. The Kier molecular flexibility index (Phi) is 5.44. The van der Waals surface area contributed by atoms with Gasteiger partial charge in [0.05, 0.1) is 12.5 Å². The lowest BCUT2D eigenvalue weighted by Crippen LogP contribution is -2.60. The second kappa shape index (κ2) is 6.41. The molecule has 1 aliphatic rings. The standard InChI is InChI=1S/C12H21F3N2O/c1-3-4-9(2)11(18)16-10-7-17(8-10)6-5-12(13,14)15/h9-10H,3-8H2,1-2H3,(H,16,18). The Labute approximate surface area is 106 Å². The third-order valence-electron chi connectivity index (χ3n) is 3.18. The predicted octanol–water partition coefficient (Wildman–Crippen LogP) is 2.18. The van der Waals surface area contributed by atoms with Crippen molar-refractivity contribution in [2.45, 2.75) is 45.3 Å². The summed E-state index contributed by atoms with van der Waals surface area (Å²) in [7, 11) is 0. The van der Waals surface area contributed by atoms with E-state index < -0.39 is 12.6 Å². The number of carbonyl (C=O) groups excluding carboxylic acids is 1. The van der Waals surface area contributed by atoms with Gasteiger partial charge >= 0.3 is 6.18 Å². The van der Waals surface area contributed by atoms with Crippen molar-refractivity contribution in [2.24, 2.45) is 5.92 Å². The SMILES string of the molecule is CCCC(C)C(=O)NC1CN(CCC(F)(F)F)C1. The Morgan fingerprint density at radius 2 is 2.06 bits per heavy atom. The summed E-state index contributed by atoms with van der Waals surface area (Å²) in [5.74, 6) is -0.00320. The molecule has 0 bridgehead atoms. The molecule has 1 atom stereocenters. The lowest BCUT2D eigenvalue weighted by Gasteiger charge is -2.40. The van der Waals surface area contributed by atoms with Gasteiger partial charge in [-0.2, -0.15) is 13.2 Å². The molecular weight excluding hydrogens is 245 g/mol. The highest BCUT2D eigenvalue weighted by atomic mass is 19.4. The zero-order valence-corrected chi connectivity index (χ0v) is 10.9. The summed E-state index contributed by atoms with van der Waals surface area (Å²) in [6, 6.07) is 0.0186. The van der Waals surface area contributed by atoms with Crippen LogP contribution in [0, 0.1) is 5.92 Å². The number of halogens is 3. The molecular formula is C12H21F3N2O. The highest BCUT2D eigenvalue weighted by Gasteiger charge is 2.33. The largest absolute Gasteiger partial charge is 0.390 e. The maximum absolute atomic E-state index is 12.0. The van der Waals surface area contributed by atoms with Gasteiger partial charge in [-0.15, -0.1) is 0 Å². The van der Waals surface area contributed by atoms with Crippen molar-refractivity contribution in [2.75, 3.05) is 19.6 Å². The highest BCUT2D eigenvalue weighted by molar-refractivity contribution is 5.78. The molecule has 0 radical (unpaired) electrons. The lowest BCUT2D eigenvalue weighted by molar-refractivity contribution is -0.141. The van der Waals surface area contributed by atoms with Gasteiger partial charge in [0.15, 0.2) is 0 Å². The first-order chi connectivity index (χ1) is 8.31. The number of hydrogen-bond acceptors (Lipinski definition) is 2. The Hall–Kier alpha value is -0.780. The second-order valence-electron chi connectivity index (χ2n) is 5.02. The average Bonchev–Trinajstić information content (AvgIpc) is 2.19. The molecule has 1 amide bonds. The predicted molar refractivity (Wildman–Crippen MR) is 63.1 cm³/mol. The van der Waals surface area contributed by atoms with E-state index >= 15 is 0 Å². The lowest BCUT2D eigenvalue weighted by atomic mass is 10.0. The number of alkyl halides is 3. The zero-order valence-electron chi connectivity index (χ0n) is 10.9. The number of carbonyl (C=O) groups is 1. The minimum absolute atomic E-state index is 0.0114. The van der Waals surface area contributed by atoms with Crippen LogP contribution in [0.5, 0.6) is 0 Å². The van der Waals surface area contributed by atoms with E-state index in [-0.39, 0.29) is 24.4 Å². The van der Waals surface area contributed by atoms with Crippen LogP contribution < -0.4 is 5.32 Å². The van der Waals surface area contributed by atoms with Gasteiger partial charge in [0.2, 0.25) is 5.91 Å². The van der Waals surface area contributed by atoms with E-state index in [1.807, 2.05) is 13.8 Å². The monoisotopic (exact) mass is 266 g/mol. The van der Waals surface area contributed by atoms with Gasteiger partial charge in [0.1, 0.15) is 0 Å². The van der Waals surface area contributed by atoms with E-state index in [2.05, 4.69) is 5.32 Å². The van der Waals surface area contributed by atoms with Crippen molar-refractivity contribution >= 4 is 5.91 Å². The molecule has 1 aliphatic heterocycles. The smallest absolute Gasteiger partial charge is 0.351 e. The van der Waals surface area contributed by atoms with Gasteiger partial charge in [-0.05, 0) is 6.42 Å². The Morgan fingerprint density at radius 3 is 2.56 bits per heavy atom. The van der Waals surface area contributed by atoms with Crippen LogP contribution in [0.25, 0.3) is 0 Å². The summed E-state index contributed by atoms with van der Waals surface area (Å²) >= 11 is 0. The molecule has 1 fully saturated rings. The number of amides is 1. The molecule has 0 aromatic heterocycles. The summed E-state index contributed by atoms with van der Waals surface area (Å²) in [4.78, 5) is 13.4. The fourth-order valence-corrected chi connectivity index (χ4v) is 2.04. The second-order valence-corrected chi connectivity index (χ2v) is 5.02. The minimum atomic E-state index is -4.09. The molecule has 1 rings (SSSR count). The van der Waals surface area contributed by atoms with Crippen molar-refractivity contribution in [1.82, 2.24) is 10.2 Å². The van der Waals surface area contributed by atoms with Crippen molar-refractivity contribution in [3.05, 3.63) is 0 Å². The first kappa shape index (κ1) is 15.3. The van der Waals surface area contributed by atoms with Crippen molar-refractivity contribution < 1.29 is 18.0 Å². The molecule has 0 spiro atoms. The van der Waals surface area contributed by atoms with Crippen molar-refractivity contribution in [3.8, 4) is 0 Å². The number of likely N-dealkylation sites (tertiary alicyclic amines) is 1. The third-order valence-corrected chi connectivity index (χ3v) is 3.18. The minimum Gasteiger partial charge on any atom is -0.351 e. The summed E-state index contributed by atoms with van der Waals surface area (Å²) < 4.78 is 35.9. The van der Waals surface area contributed by atoms with Crippen LogP contribution >= 0.6 is 0 Å². The molecule has 18 heavy (non-hydrogen) atoms. The molecule has 1 unspecified atom stereocenters. The van der Waals surface area contributed by atoms with E-state index in [1.165, 1.54) is 0 Å². The summed E-state index contributed by atoms with van der Waals surface area (Å²) in [6.07, 6.45) is -3.07. The fraction of sp³-hybridized carbons (Fsp3) is 0.917. The van der Waals surface area contributed by atoms with Crippen LogP contribution in [-0.4, -0.2) is 42.7 Å². The van der Waals surface area contributed by atoms with Gasteiger partial charge < -0.3 is 5.32 Å². The molecule has 1 N–H and O–H groups in total. The number of nitrogens with one attached hydrogen (secondary N) is 1. The molecule has 0 saturated carbocycles. The van der Waals surface area contributed by atoms with Crippen LogP contribution in [0.2, 0.25) is 0 Å². The number of rotatable bonds is 6. The summed E-state index contributed by atoms with van der Waals surface area (Å²) in [6.45, 7) is 4.98. The molecule has 0 aliphatic carbocycles. The topological polar surface area (TPSA) is 32.3 Å². The van der Waals surface area contributed by atoms with Crippen LogP contribution in [-0.2, 0) is 4.79 Å². The van der Waals surface area contributed by atoms with Crippen molar-refractivity contribution in [3.63, 3.8) is 0 Å². The van der Waals surface area contributed by atoms with Crippen LogP contribution in [0.15, 0.2) is 0 Å². The number of nitrogens with zero attached hydrogens (tertiary/aromatic N) is 1. The molecule has 0 aromatic rings. The van der Waals surface area contributed by atoms with Gasteiger partial charge in [-0.25, -0.2) is 0 Å². The maximum atomic E-state index is 12.0. The van der Waals surface area contributed by atoms with Crippen LogP contribution in [0.4, 0.5) is 13.2 Å². The Bertz CT molecular complexity index is 275. The van der Waals surface area contributed by atoms with E-state index in [0.29, 0.717) is 13.1 Å². The molecule has 6 heteroatoms.